The average molecular weight is 276 g/mol. The van der Waals surface area contributed by atoms with Crippen molar-refractivity contribution < 1.29 is 14.7 Å². The second-order valence-corrected chi connectivity index (χ2v) is 5.12. The van der Waals surface area contributed by atoms with Crippen LogP contribution in [0.5, 0.6) is 0 Å². The molecule has 5 nitrogen and oxygen atoms in total. The predicted molar refractivity (Wildman–Crippen MR) is 76.8 cm³/mol. The molecule has 1 atom stereocenters. The van der Waals surface area contributed by atoms with E-state index in [0.29, 0.717) is 6.54 Å². The third-order valence-electron chi connectivity index (χ3n) is 3.71. The summed E-state index contributed by atoms with van der Waals surface area (Å²) in [6.07, 6.45) is 2.70. The molecule has 0 aliphatic carbocycles. The summed E-state index contributed by atoms with van der Waals surface area (Å²) in [6.45, 7) is 0.633. The molecule has 2 rings (SSSR count). The van der Waals surface area contributed by atoms with Crippen molar-refractivity contribution >= 4 is 17.7 Å². The van der Waals surface area contributed by atoms with Gasteiger partial charge >= 0.3 is 12.0 Å². The van der Waals surface area contributed by atoms with Crippen molar-refractivity contribution in [3.05, 3.63) is 30.3 Å². The van der Waals surface area contributed by atoms with Crippen LogP contribution in [0.15, 0.2) is 30.3 Å². The van der Waals surface area contributed by atoms with Crippen molar-refractivity contribution in [2.75, 3.05) is 18.5 Å². The Morgan fingerprint density at radius 2 is 2.00 bits per heavy atom. The van der Waals surface area contributed by atoms with E-state index in [9.17, 15) is 9.59 Å². The van der Waals surface area contributed by atoms with Gasteiger partial charge in [0.2, 0.25) is 0 Å². The number of aliphatic carboxylic acids is 1. The first kappa shape index (κ1) is 14.4. The normalized spacial score (nSPS) is 18.6. The van der Waals surface area contributed by atoms with E-state index in [0.717, 1.165) is 24.9 Å². The van der Waals surface area contributed by atoms with E-state index in [4.69, 9.17) is 5.11 Å². The maximum absolute atomic E-state index is 12.5. The quantitative estimate of drug-likeness (QED) is 0.923. The number of carbonyl (C=O) groups excluding carboxylic acids is 1. The first-order valence-electron chi connectivity index (χ1n) is 6.91. The van der Waals surface area contributed by atoms with Gasteiger partial charge < -0.3 is 10.0 Å². The lowest BCUT2D eigenvalue weighted by molar-refractivity contribution is -0.138. The Balaban J connectivity index is 2.11. The van der Waals surface area contributed by atoms with Crippen LogP contribution in [-0.4, -0.2) is 41.6 Å². The molecule has 108 valence electrons. The number of para-hydroxylation sites is 1. The molecule has 1 N–H and O–H groups in total. The summed E-state index contributed by atoms with van der Waals surface area (Å²) in [6, 6.07) is 9.08. The van der Waals surface area contributed by atoms with Crippen LogP contribution in [0.25, 0.3) is 0 Å². The van der Waals surface area contributed by atoms with Gasteiger partial charge in [0.25, 0.3) is 0 Å². The number of likely N-dealkylation sites (tertiary alicyclic amines) is 1. The lowest BCUT2D eigenvalue weighted by Gasteiger charge is -2.37. The molecule has 0 saturated carbocycles. The van der Waals surface area contributed by atoms with Gasteiger partial charge in [-0.3, -0.25) is 9.69 Å². The Morgan fingerprint density at radius 3 is 2.65 bits per heavy atom. The molecule has 1 fully saturated rings. The first-order valence-corrected chi connectivity index (χ1v) is 6.91. The molecule has 0 aromatic heterocycles. The van der Waals surface area contributed by atoms with Crippen LogP contribution in [0.4, 0.5) is 10.5 Å². The van der Waals surface area contributed by atoms with Crippen molar-refractivity contribution in [2.45, 2.75) is 31.7 Å². The van der Waals surface area contributed by atoms with Gasteiger partial charge in [0, 0.05) is 25.3 Å². The second kappa shape index (κ2) is 6.41. The number of benzene rings is 1. The van der Waals surface area contributed by atoms with Crippen molar-refractivity contribution in [3.63, 3.8) is 0 Å². The summed E-state index contributed by atoms with van der Waals surface area (Å²) >= 11 is 0. The fourth-order valence-electron chi connectivity index (χ4n) is 2.62. The fraction of sp³-hybridized carbons (Fsp3) is 0.467. The third kappa shape index (κ3) is 3.29. The lowest BCUT2D eigenvalue weighted by Crippen LogP contribution is -2.50. The molecule has 1 aromatic carbocycles. The van der Waals surface area contributed by atoms with Gasteiger partial charge in [-0.2, -0.15) is 0 Å². The summed E-state index contributed by atoms with van der Waals surface area (Å²) in [5.74, 6) is -0.850. The van der Waals surface area contributed by atoms with E-state index in [-0.39, 0.29) is 18.5 Å². The minimum absolute atomic E-state index is 0.0222. The van der Waals surface area contributed by atoms with Crippen LogP contribution in [0.1, 0.15) is 25.7 Å². The first-order chi connectivity index (χ1) is 9.59. The highest BCUT2D eigenvalue weighted by Crippen LogP contribution is 2.23. The smallest absolute Gasteiger partial charge is 0.324 e. The fourth-order valence-corrected chi connectivity index (χ4v) is 2.62. The minimum Gasteiger partial charge on any atom is -0.481 e. The highest BCUT2D eigenvalue weighted by atomic mass is 16.4. The number of carbonyl (C=O) groups is 2. The van der Waals surface area contributed by atoms with E-state index in [1.54, 1.807) is 16.8 Å². The minimum atomic E-state index is -0.850. The van der Waals surface area contributed by atoms with Gasteiger partial charge in [-0.1, -0.05) is 18.2 Å². The largest absolute Gasteiger partial charge is 0.481 e. The molecule has 2 amide bonds. The van der Waals surface area contributed by atoms with Crippen molar-refractivity contribution in [1.29, 1.82) is 0 Å². The summed E-state index contributed by atoms with van der Waals surface area (Å²) < 4.78 is 0. The predicted octanol–water partition coefficient (Wildman–Crippen LogP) is 2.57. The van der Waals surface area contributed by atoms with E-state index >= 15 is 0 Å². The van der Waals surface area contributed by atoms with Gasteiger partial charge in [0.05, 0.1) is 6.42 Å². The molecule has 0 bridgehead atoms. The Hall–Kier alpha value is -2.04. The number of piperidine rings is 1. The monoisotopic (exact) mass is 276 g/mol. The molecule has 1 unspecified atom stereocenters. The van der Waals surface area contributed by atoms with Crippen LogP contribution < -0.4 is 4.90 Å². The van der Waals surface area contributed by atoms with Gasteiger partial charge in [0.15, 0.2) is 0 Å². The summed E-state index contributed by atoms with van der Waals surface area (Å²) in [7, 11) is 1.73. The maximum Gasteiger partial charge on any atom is 0.324 e. The van der Waals surface area contributed by atoms with Gasteiger partial charge in [0.1, 0.15) is 0 Å². The Morgan fingerprint density at radius 1 is 1.30 bits per heavy atom. The van der Waals surface area contributed by atoms with Crippen molar-refractivity contribution in [1.82, 2.24) is 4.90 Å². The molecular weight excluding hydrogens is 256 g/mol. The van der Waals surface area contributed by atoms with Crippen LogP contribution in [0.2, 0.25) is 0 Å². The van der Waals surface area contributed by atoms with Gasteiger partial charge in [-0.25, -0.2) is 4.79 Å². The molecule has 1 aliphatic heterocycles. The number of rotatable bonds is 3. The highest BCUT2D eigenvalue weighted by molar-refractivity contribution is 5.92. The highest BCUT2D eigenvalue weighted by Gasteiger charge is 2.30. The Labute approximate surface area is 118 Å². The number of hydrogen-bond donors (Lipinski definition) is 1. The lowest BCUT2D eigenvalue weighted by atomic mass is 10.00. The van der Waals surface area contributed by atoms with Crippen molar-refractivity contribution in [3.8, 4) is 0 Å². The van der Waals surface area contributed by atoms with Crippen LogP contribution in [0, 0.1) is 0 Å². The number of urea groups is 1. The van der Waals surface area contributed by atoms with Crippen LogP contribution >= 0.6 is 0 Å². The standard InChI is InChI=1S/C15H20N2O3/c1-16(12-7-3-2-4-8-12)15(20)17-10-6-5-9-13(17)11-14(18)19/h2-4,7-8,13H,5-6,9-11H2,1H3,(H,18,19). The molecular formula is C15H20N2O3. The van der Waals surface area contributed by atoms with Gasteiger partial charge in [-0.15, -0.1) is 0 Å². The molecule has 1 saturated heterocycles. The van der Waals surface area contributed by atoms with E-state index in [1.165, 1.54) is 0 Å². The van der Waals surface area contributed by atoms with Crippen molar-refractivity contribution in [2.24, 2.45) is 0 Å². The zero-order valence-electron chi connectivity index (χ0n) is 11.7. The van der Waals surface area contributed by atoms with E-state index < -0.39 is 5.97 Å². The average Bonchev–Trinajstić information content (AvgIpc) is 2.46. The molecule has 0 radical (unpaired) electrons. The molecule has 1 heterocycles. The zero-order valence-corrected chi connectivity index (χ0v) is 11.7. The number of nitrogens with zero attached hydrogens (tertiary/aromatic N) is 2. The molecule has 5 heteroatoms. The number of carboxylic acid groups (broad SMARTS) is 1. The molecule has 0 spiro atoms. The summed E-state index contributed by atoms with van der Waals surface area (Å²) in [4.78, 5) is 26.8. The molecule has 20 heavy (non-hydrogen) atoms. The number of carboxylic acids is 1. The summed E-state index contributed by atoms with van der Waals surface area (Å²) in [5, 5.41) is 8.97. The third-order valence-corrected chi connectivity index (χ3v) is 3.71. The Bertz CT molecular complexity index is 475. The van der Waals surface area contributed by atoms with E-state index in [2.05, 4.69) is 0 Å². The van der Waals surface area contributed by atoms with Crippen LogP contribution in [-0.2, 0) is 4.79 Å². The van der Waals surface area contributed by atoms with E-state index in [1.807, 2.05) is 30.3 Å². The number of hydrogen-bond acceptors (Lipinski definition) is 2. The maximum atomic E-state index is 12.5. The second-order valence-electron chi connectivity index (χ2n) is 5.12. The Kier molecular flexibility index (Phi) is 4.61. The topological polar surface area (TPSA) is 60.9 Å². The SMILES string of the molecule is CN(C(=O)N1CCCCC1CC(=O)O)c1ccccc1. The van der Waals surface area contributed by atoms with Crippen LogP contribution in [0.3, 0.4) is 0 Å². The number of amides is 2. The molecule has 1 aromatic rings. The molecule has 1 aliphatic rings. The van der Waals surface area contributed by atoms with Gasteiger partial charge in [-0.05, 0) is 31.4 Å². The zero-order chi connectivity index (χ0) is 14.5. The number of anilines is 1. The summed E-state index contributed by atoms with van der Waals surface area (Å²) in [5.41, 5.74) is 0.817.